The molecule has 1 heterocycles. The first-order valence-corrected chi connectivity index (χ1v) is 9.73. The molecule has 2 nitrogen and oxygen atoms in total. The Balaban J connectivity index is 1.97. The Hall–Kier alpha value is -0.360. The van der Waals surface area contributed by atoms with E-state index in [9.17, 15) is 0 Å². The van der Waals surface area contributed by atoms with Crippen LogP contribution in [-0.4, -0.2) is 23.3 Å². The minimum atomic E-state index is 0.456. The third kappa shape index (κ3) is 5.09. The monoisotopic (exact) mass is 384 g/mol. The molecule has 5 heteroatoms. The second-order valence-electron chi connectivity index (χ2n) is 4.95. The predicted octanol–water partition coefficient (Wildman–Crippen LogP) is 4.84. The maximum Gasteiger partial charge on any atom is 0.0946 e. The van der Waals surface area contributed by atoms with E-state index in [1.165, 1.54) is 24.9 Å². The number of halogens is 1. The van der Waals surface area contributed by atoms with Crippen LogP contribution in [0.25, 0.3) is 0 Å². The van der Waals surface area contributed by atoms with E-state index in [1.807, 2.05) is 23.1 Å². The van der Waals surface area contributed by atoms with Gasteiger partial charge >= 0.3 is 0 Å². The SMILES string of the molecule is CCNC(CSc1ccccc1Br)Cc1nc(C)c(C)s1. The lowest BCUT2D eigenvalue weighted by Crippen LogP contribution is -2.33. The van der Waals surface area contributed by atoms with Crippen LogP contribution < -0.4 is 5.32 Å². The Bertz CT molecular complexity index is 564. The zero-order valence-electron chi connectivity index (χ0n) is 12.6. The molecule has 21 heavy (non-hydrogen) atoms. The van der Waals surface area contributed by atoms with E-state index in [-0.39, 0.29) is 0 Å². The molecule has 0 bridgehead atoms. The molecule has 0 aliphatic rings. The van der Waals surface area contributed by atoms with Gasteiger partial charge in [-0.2, -0.15) is 0 Å². The molecule has 0 aliphatic heterocycles. The topological polar surface area (TPSA) is 24.9 Å². The van der Waals surface area contributed by atoms with Crippen LogP contribution in [0.5, 0.6) is 0 Å². The molecular formula is C16H21BrN2S2. The predicted molar refractivity (Wildman–Crippen MR) is 97.6 cm³/mol. The van der Waals surface area contributed by atoms with E-state index in [4.69, 9.17) is 0 Å². The largest absolute Gasteiger partial charge is 0.313 e. The van der Waals surface area contributed by atoms with Crippen molar-refractivity contribution in [3.05, 3.63) is 44.3 Å². The van der Waals surface area contributed by atoms with Crippen LogP contribution in [0.3, 0.4) is 0 Å². The van der Waals surface area contributed by atoms with E-state index in [0.29, 0.717) is 6.04 Å². The van der Waals surface area contributed by atoms with Crippen LogP contribution in [0.2, 0.25) is 0 Å². The van der Waals surface area contributed by atoms with E-state index in [2.05, 4.69) is 71.3 Å². The zero-order chi connectivity index (χ0) is 15.2. The third-order valence-electron chi connectivity index (χ3n) is 3.26. The number of thiazole rings is 1. The third-order valence-corrected chi connectivity index (χ3v) is 6.55. The van der Waals surface area contributed by atoms with Gasteiger partial charge in [0.1, 0.15) is 0 Å². The van der Waals surface area contributed by atoms with Crippen molar-refractivity contribution in [3.63, 3.8) is 0 Å². The first-order valence-electron chi connectivity index (χ1n) is 7.13. The Labute approximate surface area is 143 Å². The number of likely N-dealkylation sites (N-methyl/N-ethyl adjacent to an activating group) is 1. The Morgan fingerprint density at radius 2 is 2.10 bits per heavy atom. The van der Waals surface area contributed by atoms with Crippen LogP contribution in [0.1, 0.15) is 22.5 Å². The van der Waals surface area contributed by atoms with E-state index >= 15 is 0 Å². The molecule has 2 rings (SSSR count). The van der Waals surface area contributed by atoms with Gasteiger partial charge in [0.05, 0.1) is 10.7 Å². The smallest absolute Gasteiger partial charge is 0.0946 e. The summed E-state index contributed by atoms with van der Waals surface area (Å²) < 4.78 is 1.17. The number of nitrogens with zero attached hydrogens (tertiary/aromatic N) is 1. The average Bonchev–Trinajstić information content (AvgIpc) is 2.76. The van der Waals surface area contributed by atoms with Crippen LogP contribution in [0, 0.1) is 13.8 Å². The molecule has 0 saturated carbocycles. The number of thioether (sulfide) groups is 1. The van der Waals surface area contributed by atoms with Gasteiger partial charge in [-0.3, -0.25) is 0 Å². The highest BCUT2D eigenvalue weighted by Gasteiger charge is 2.13. The lowest BCUT2D eigenvalue weighted by Gasteiger charge is -2.16. The number of benzene rings is 1. The zero-order valence-corrected chi connectivity index (χ0v) is 15.9. The molecule has 0 fully saturated rings. The average molecular weight is 385 g/mol. The van der Waals surface area contributed by atoms with Gasteiger partial charge in [0.2, 0.25) is 0 Å². The fourth-order valence-electron chi connectivity index (χ4n) is 2.07. The number of aryl methyl sites for hydroxylation is 2. The summed E-state index contributed by atoms with van der Waals surface area (Å²) in [6.45, 7) is 7.39. The van der Waals surface area contributed by atoms with Crippen molar-refractivity contribution in [2.24, 2.45) is 0 Å². The molecule has 2 aromatic rings. The Morgan fingerprint density at radius 1 is 1.33 bits per heavy atom. The van der Waals surface area contributed by atoms with Gasteiger partial charge in [0.25, 0.3) is 0 Å². The number of rotatable bonds is 7. The molecule has 1 N–H and O–H groups in total. The van der Waals surface area contributed by atoms with E-state index in [1.54, 1.807) is 0 Å². The van der Waals surface area contributed by atoms with E-state index < -0.39 is 0 Å². The molecule has 0 saturated heterocycles. The molecule has 0 aliphatic carbocycles. The van der Waals surface area contributed by atoms with Crippen molar-refractivity contribution in [2.45, 2.75) is 38.1 Å². The van der Waals surface area contributed by atoms with Gasteiger partial charge in [-0.25, -0.2) is 4.98 Å². The summed E-state index contributed by atoms with van der Waals surface area (Å²) in [5.74, 6) is 1.05. The normalized spacial score (nSPS) is 12.6. The summed E-state index contributed by atoms with van der Waals surface area (Å²) in [6.07, 6.45) is 1.00. The Kier molecular flexibility index (Phi) is 6.74. The summed E-state index contributed by atoms with van der Waals surface area (Å²) in [4.78, 5) is 7.30. The Morgan fingerprint density at radius 3 is 2.71 bits per heavy atom. The standard InChI is InChI=1S/C16H21BrN2S2/c1-4-18-13(9-16-19-11(2)12(3)21-16)10-20-15-8-6-5-7-14(15)17/h5-8,13,18H,4,9-10H2,1-3H3. The van der Waals surface area contributed by atoms with Crippen LogP contribution in [0.15, 0.2) is 33.6 Å². The van der Waals surface area contributed by atoms with Crippen molar-refractivity contribution in [2.75, 3.05) is 12.3 Å². The second kappa shape index (κ2) is 8.32. The fourth-order valence-corrected chi connectivity index (χ4v) is 4.71. The molecule has 1 unspecified atom stereocenters. The molecule has 0 amide bonds. The van der Waals surface area contributed by atoms with Crippen molar-refractivity contribution in [1.29, 1.82) is 0 Å². The van der Waals surface area contributed by atoms with Crippen molar-refractivity contribution in [3.8, 4) is 0 Å². The number of hydrogen-bond donors (Lipinski definition) is 1. The van der Waals surface area contributed by atoms with Gasteiger partial charge in [0.15, 0.2) is 0 Å². The summed E-state index contributed by atoms with van der Waals surface area (Å²) >= 11 is 7.33. The molecule has 0 spiro atoms. The lowest BCUT2D eigenvalue weighted by atomic mass is 10.2. The number of hydrogen-bond acceptors (Lipinski definition) is 4. The quantitative estimate of drug-likeness (QED) is 0.691. The minimum absolute atomic E-state index is 0.456. The molecule has 114 valence electrons. The number of nitrogens with one attached hydrogen (secondary N) is 1. The molecule has 1 aromatic carbocycles. The van der Waals surface area contributed by atoms with Gasteiger partial charge < -0.3 is 5.32 Å². The lowest BCUT2D eigenvalue weighted by molar-refractivity contribution is 0.571. The molecule has 1 atom stereocenters. The fraction of sp³-hybridized carbons (Fsp3) is 0.438. The van der Waals surface area contributed by atoms with Gasteiger partial charge in [-0.05, 0) is 48.5 Å². The first-order chi connectivity index (χ1) is 10.1. The van der Waals surface area contributed by atoms with Gasteiger partial charge in [0, 0.05) is 32.5 Å². The van der Waals surface area contributed by atoms with Gasteiger partial charge in [-0.1, -0.05) is 19.1 Å². The second-order valence-corrected chi connectivity index (χ2v) is 8.15. The van der Waals surface area contributed by atoms with Crippen LogP contribution in [-0.2, 0) is 6.42 Å². The van der Waals surface area contributed by atoms with Crippen molar-refractivity contribution >= 4 is 39.0 Å². The number of aromatic nitrogens is 1. The van der Waals surface area contributed by atoms with Crippen molar-refractivity contribution in [1.82, 2.24) is 10.3 Å². The molecule has 0 radical (unpaired) electrons. The highest BCUT2D eigenvalue weighted by molar-refractivity contribution is 9.10. The molecular weight excluding hydrogens is 364 g/mol. The maximum atomic E-state index is 4.66. The maximum absolute atomic E-state index is 4.66. The summed E-state index contributed by atoms with van der Waals surface area (Å²) in [6, 6.07) is 8.85. The van der Waals surface area contributed by atoms with Crippen LogP contribution in [0.4, 0.5) is 0 Å². The summed E-state index contributed by atoms with van der Waals surface area (Å²) in [5.41, 5.74) is 1.17. The summed E-state index contributed by atoms with van der Waals surface area (Å²) in [5, 5.41) is 4.82. The minimum Gasteiger partial charge on any atom is -0.313 e. The first kappa shape index (κ1) is 17.0. The van der Waals surface area contributed by atoms with Crippen molar-refractivity contribution < 1.29 is 0 Å². The van der Waals surface area contributed by atoms with E-state index in [0.717, 1.165) is 18.7 Å². The van der Waals surface area contributed by atoms with Crippen LogP contribution >= 0.6 is 39.0 Å². The highest BCUT2D eigenvalue weighted by Crippen LogP contribution is 2.28. The van der Waals surface area contributed by atoms with Gasteiger partial charge in [-0.15, -0.1) is 23.1 Å². The highest BCUT2D eigenvalue weighted by atomic mass is 79.9. The molecule has 1 aromatic heterocycles. The summed E-state index contributed by atoms with van der Waals surface area (Å²) in [7, 11) is 0.